The molecule has 0 aliphatic rings. The van der Waals surface area contributed by atoms with Gasteiger partial charge in [-0.05, 0) is 6.42 Å². The van der Waals surface area contributed by atoms with Crippen LogP contribution in [0.3, 0.4) is 0 Å². The number of nitro benzene ring substituents is 1. The summed E-state index contributed by atoms with van der Waals surface area (Å²) in [5.41, 5.74) is 0.0795. The molecule has 1 aromatic rings. The minimum Gasteiger partial charge on any atom is -0.299 e. The van der Waals surface area contributed by atoms with Gasteiger partial charge in [0.25, 0.3) is 5.69 Å². The van der Waals surface area contributed by atoms with E-state index < -0.39 is 4.92 Å². The van der Waals surface area contributed by atoms with Crippen LogP contribution in [0.5, 0.6) is 0 Å². The first-order valence-electron chi connectivity index (χ1n) is 5.84. The van der Waals surface area contributed by atoms with Crippen LogP contribution in [0.2, 0.25) is 0 Å². The lowest BCUT2D eigenvalue weighted by Crippen LogP contribution is -2.08. The molecule has 0 aliphatic carbocycles. The number of carbonyl (C=O) groups is 2. The number of benzene rings is 1. The van der Waals surface area contributed by atoms with Crippen molar-refractivity contribution in [2.75, 3.05) is 0 Å². The second kappa shape index (κ2) is 6.64. The predicted molar refractivity (Wildman–Crippen MR) is 66.6 cm³/mol. The number of nitro groups is 1. The van der Waals surface area contributed by atoms with Crippen LogP contribution in [0.1, 0.15) is 43.0 Å². The smallest absolute Gasteiger partial charge is 0.270 e. The van der Waals surface area contributed by atoms with Crippen LogP contribution < -0.4 is 0 Å². The second-order valence-electron chi connectivity index (χ2n) is 4.05. The number of Topliss-reactive ketones (excluding diaryl/α,β-unsaturated/α-hetero) is 2. The summed E-state index contributed by atoms with van der Waals surface area (Å²) in [4.78, 5) is 33.2. The topological polar surface area (TPSA) is 77.3 Å². The van der Waals surface area contributed by atoms with E-state index in [0.29, 0.717) is 6.42 Å². The molecule has 96 valence electrons. The number of unbranched alkanes of at least 4 members (excludes halogenated alkanes) is 1. The number of rotatable bonds is 7. The highest BCUT2D eigenvalue weighted by Crippen LogP contribution is 2.15. The summed E-state index contributed by atoms with van der Waals surface area (Å²) >= 11 is 0. The molecule has 0 radical (unpaired) electrons. The fourth-order valence-corrected chi connectivity index (χ4v) is 1.54. The third kappa shape index (κ3) is 4.08. The molecule has 0 unspecified atom stereocenters. The van der Waals surface area contributed by atoms with Gasteiger partial charge in [0.15, 0.2) is 5.78 Å². The quantitative estimate of drug-likeness (QED) is 0.322. The Balaban J connectivity index is 2.69. The van der Waals surface area contributed by atoms with Crippen molar-refractivity contribution in [3.63, 3.8) is 0 Å². The van der Waals surface area contributed by atoms with Gasteiger partial charge in [0.2, 0.25) is 0 Å². The van der Waals surface area contributed by atoms with Crippen LogP contribution in [-0.4, -0.2) is 16.5 Å². The first-order chi connectivity index (χ1) is 8.54. The van der Waals surface area contributed by atoms with Crippen LogP contribution in [0.15, 0.2) is 24.3 Å². The van der Waals surface area contributed by atoms with Crippen LogP contribution in [0.4, 0.5) is 5.69 Å². The largest absolute Gasteiger partial charge is 0.299 e. The van der Waals surface area contributed by atoms with Crippen LogP contribution >= 0.6 is 0 Å². The average Bonchev–Trinajstić information content (AvgIpc) is 2.36. The molecule has 0 atom stereocenters. The molecule has 18 heavy (non-hydrogen) atoms. The number of carbonyl (C=O) groups excluding carboxylic acids is 2. The summed E-state index contributed by atoms with van der Waals surface area (Å²) in [7, 11) is 0. The van der Waals surface area contributed by atoms with E-state index in [0.717, 1.165) is 12.8 Å². The van der Waals surface area contributed by atoms with E-state index in [4.69, 9.17) is 0 Å². The maximum atomic E-state index is 11.7. The summed E-state index contributed by atoms with van der Waals surface area (Å²) in [6, 6.07) is 5.45. The van der Waals surface area contributed by atoms with E-state index in [-0.39, 0.29) is 29.2 Å². The zero-order valence-corrected chi connectivity index (χ0v) is 10.2. The molecule has 1 rings (SSSR count). The third-order valence-electron chi connectivity index (χ3n) is 2.55. The van der Waals surface area contributed by atoms with Crippen molar-refractivity contribution in [2.24, 2.45) is 0 Å². The Morgan fingerprint density at radius 3 is 2.67 bits per heavy atom. The molecule has 0 spiro atoms. The van der Waals surface area contributed by atoms with Gasteiger partial charge in [-0.15, -0.1) is 0 Å². The molecule has 0 fully saturated rings. The highest BCUT2D eigenvalue weighted by atomic mass is 16.6. The molecular formula is C13H15NO4. The summed E-state index contributed by atoms with van der Waals surface area (Å²) in [6.45, 7) is 1.97. The average molecular weight is 249 g/mol. The highest BCUT2D eigenvalue weighted by Gasteiger charge is 2.14. The van der Waals surface area contributed by atoms with E-state index in [9.17, 15) is 19.7 Å². The minimum absolute atomic E-state index is 0.117. The van der Waals surface area contributed by atoms with Gasteiger partial charge in [-0.2, -0.15) is 0 Å². The Labute approximate surface area is 105 Å². The first kappa shape index (κ1) is 14.0. The van der Waals surface area contributed by atoms with Gasteiger partial charge < -0.3 is 0 Å². The molecule has 0 heterocycles. The molecule has 0 amide bonds. The highest BCUT2D eigenvalue weighted by molar-refractivity contribution is 6.08. The molecule has 0 saturated carbocycles. The number of ketones is 2. The number of non-ortho nitro benzene ring substituents is 1. The fraction of sp³-hybridized carbons (Fsp3) is 0.385. The SMILES string of the molecule is CCCCC(=O)CC(=O)c1cccc([N+](=O)[O-])c1. The third-order valence-corrected chi connectivity index (χ3v) is 2.55. The van der Waals surface area contributed by atoms with Crippen molar-refractivity contribution in [3.05, 3.63) is 39.9 Å². The predicted octanol–water partition coefficient (Wildman–Crippen LogP) is 2.93. The zero-order chi connectivity index (χ0) is 13.5. The van der Waals surface area contributed by atoms with E-state index in [1.807, 2.05) is 6.92 Å². The number of hydrogen-bond donors (Lipinski definition) is 0. The van der Waals surface area contributed by atoms with Gasteiger partial charge in [0.05, 0.1) is 11.3 Å². The molecule has 1 aromatic carbocycles. The molecule has 5 heteroatoms. The Hall–Kier alpha value is -2.04. The van der Waals surface area contributed by atoms with E-state index in [2.05, 4.69) is 0 Å². The maximum absolute atomic E-state index is 11.7. The molecule has 0 saturated heterocycles. The van der Waals surface area contributed by atoms with Gasteiger partial charge in [0, 0.05) is 24.1 Å². The van der Waals surface area contributed by atoms with Crippen molar-refractivity contribution in [2.45, 2.75) is 32.6 Å². The molecule has 0 aliphatic heterocycles. The normalized spacial score (nSPS) is 10.1. The van der Waals surface area contributed by atoms with Crippen LogP contribution in [0, 0.1) is 10.1 Å². The number of hydrogen-bond acceptors (Lipinski definition) is 4. The van der Waals surface area contributed by atoms with Crippen molar-refractivity contribution >= 4 is 17.3 Å². The van der Waals surface area contributed by atoms with Crippen molar-refractivity contribution in [1.29, 1.82) is 0 Å². The van der Waals surface area contributed by atoms with Crippen LogP contribution in [0.25, 0.3) is 0 Å². The van der Waals surface area contributed by atoms with E-state index >= 15 is 0 Å². The maximum Gasteiger partial charge on any atom is 0.270 e. The summed E-state index contributed by atoms with van der Waals surface area (Å²) in [5.74, 6) is -0.479. The van der Waals surface area contributed by atoms with Gasteiger partial charge in [-0.25, -0.2) is 0 Å². The second-order valence-corrected chi connectivity index (χ2v) is 4.05. The Morgan fingerprint density at radius 1 is 1.33 bits per heavy atom. The van der Waals surface area contributed by atoms with Gasteiger partial charge in [-0.1, -0.05) is 25.5 Å². The van der Waals surface area contributed by atoms with Crippen molar-refractivity contribution < 1.29 is 14.5 Å². The van der Waals surface area contributed by atoms with Gasteiger partial charge in [-0.3, -0.25) is 19.7 Å². The van der Waals surface area contributed by atoms with E-state index in [1.54, 1.807) is 0 Å². The van der Waals surface area contributed by atoms with E-state index in [1.165, 1.54) is 24.3 Å². The Bertz CT molecular complexity index is 468. The summed E-state index contributed by atoms with van der Waals surface area (Å²) < 4.78 is 0. The molecule has 0 aromatic heterocycles. The van der Waals surface area contributed by atoms with Gasteiger partial charge >= 0.3 is 0 Å². The first-order valence-corrected chi connectivity index (χ1v) is 5.84. The van der Waals surface area contributed by atoms with Crippen LogP contribution in [-0.2, 0) is 4.79 Å². The lowest BCUT2D eigenvalue weighted by molar-refractivity contribution is -0.384. The minimum atomic E-state index is -0.560. The lowest BCUT2D eigenvalue weighted by atomic mass is 10.0. The number of nitrogens with zero attached hydrogens (tertiary/aromatic N) is 1. The lowest BCUT2D eigenvalue weighted by Gasteiger charge is -2.00. The molecule has 0 bridgehead atoms. The standard InChI is InChI=1S/C13H15NO4/c1-2-3-7-12(15)9-13(16)10-5-4-6-11(8-10)14(17)18/h4-6,8H,2-3,7,9H2,1H3. The van der Waals surface area contributed by atoms with Crippen molar-refractivity contribution in [3.8, 4) is 0 Å². The zero-order valence-electron chi connectivity index (χ0n) is 10.2. The molecular weight excluding hydrogens is 234 g/mol. The molecule has 0 N–H and O–H groups in total. The fourth-order valence-electron chi connectivity index (χ4n) is 1.54. The monoisotopic (exact) mass is 249 g/mol. The summed E-state index contributed by atoms with van der Waals surface area (Å²) in [5, 5.41) is 10.6. The summed E-state index contributed by atoms with van der Waals surface area (Å²) in [6.07, 6.45) is 1.87. The molecule has 5 nitrogen and oxygen atoms in total. The van der Waals surface area contributed by atoms with Gasteiger partial charge in [0.1, 0.15) is 5.78 Å². The Kier molecular flexibility index (Phi) is 5.17. The van der Waals surface area contributed by atoms with Crippen molar-refractivity contribution in [1.82, 2.24) is 0 Å². The Morgan fingerprint density at radius 2 is 2.06 bits per heavy atom.